The predicted octanol–water partition coefficient (Wildman–Crippen LogP) is 1.45. The molecule has 1 heterocycles. The summed E-state index contributed by atoms with van der Waals surface area (Å²) >= 11 is 0. The summed E-state index contributed by atoms with van der Waals surface area (Å²) in [6, 6.07) is 3.57. The third-order valence-electron chi connectivity index (χ3n) is 3.77. The first-order chi connectivity index (χ1) is 9.59. The van der Waals surface area contributed by atoms with Crippen LogP contribution in [0.1, 0.15) is 19.8 Å². The summed E-state index contributed by atoms with van der Waals surface area (Å²) in [5.41, 5.74) is 7.37. The van der Waals surface area contributed by atoms with E-state index < -0.39 is 0 Å². The summed E-state index contributed by atoms with van der Waals surface area (Å²) in [4.78, 5) is 0. The van der Waals surface area contributed by atoms with E-state index in [1.165, 1.54) is 0 Å². The summed E-state index contributed by atoms with van der Waals surface area (Å²) < 4.78 is 12.4. The van der Waals surface area contributed by atoms with E-state index in [2.05, 4.69) is 22.4 Å². The molecule has 0 bridgehead atoms. The van der Waals surface area contributed by atoms with Crippen molar-refractivity contribution in [1.29, 1.82) is 0 Å². The Kier molecular flexibility index (Phi) is 2.77. The maximum Gasteiger partial charge on any atom is 0.184 e. The lowest BCUT2D eigenvalue weighted by atomic mass is 10.1. The van der Waals surface area contributed by atoms with Crippen molar-refractivity contribution in [2.45, 2.75) is 25.3 Å². The first-order valence-electron chi connectivity index (χ1n) is 6.40. The monoisotopic (exact) mass is 275 g/mol. The molecule has 3 rings (SSSR count). The van der Waals surface area contributed by atoms with E-state index >= 15 is 0 Å². The Bertz CT molecular complexity index is 648. The Morgan fingerprint density at radius 2 is 2.00 bits per heavy atom. The van der Waals surface area contributed by atoms with Gasteiger partial charge in [-0.25, -0.2) is 4.68 Å². The Morgan fingerprint density at radius 1 is 1.25 bits per heavy atom. The van der Waals surface area contributed by atoms with Gasteiger partial charge in [0.2, 0.25) is 0 Å². The smallest absolute Gasteiger partial charge is 0.184 e. The van der Waals surface area contributed by atoms with Gasteiger partial charge in [0.25, 0.3) is 0 Å². The van der Waals surface area contributed by atoms with E-state index in [0.29, 0.717) is 23.0 Å². The first-order valence-corrected chi connectivity index (χ1v) is 6.40. The van der Waals surface area contributed by atoms with Crippen LogP contribution >= 0.6 is 0 Å². The van der Waals surface area contributed by atoms with Crippen molar-refractivity contribution >= 4 is 5.69 Å². The molecule has 1 aromatic carbocycles. The van der Waals surface area contributed by atoms with Gasteiger partial charge in [-0.05, 0) is 36.3 Å². The van der Waals surface area contributed by atoms with Crippen LogP contribution in [0.5, 0.6) is 11.5 Å². The molecule has 2 aromatic rings. The molecule has 0 aliphatic heterocycles. The minimum atomic E-state index is -0.0123. The van der Waals surface area contributed by atoms with Crippen LogP contribution in [-0.2, 0) is 5.54 Å². The highest BCUT2D eigenvalue weighted by atomic mass is 16.5. The topological polar surface area (TPSA) is 88.1 Å². The Hall–Kier alpha value is -2.31. The predicted molar refractivity (Wildman–Crippen MR) is 73.7 cm³/mol. The van der Waals surface area contributed by atoms with Crippen molar-refractivity contribution in [3.63, 3.8) is 0 Å². The lowest BCUT2D eigenvalue weighted by Crippen LogP contribution is -2.16. The van der Waals surface area contributed by atoms with E-state index in [0.717, 1.165) is 18.4 Å². The summed E-state index contributed by atoms with van der Waals surface area (Å²) in [6.07, 6.45) is 2.12. The molecular weight excluding hydrogens is 258 g/mol. The van der Waals surface area contributed by atoms with Gasteiger partial charge in [0, 0.05) is 6.07 Å². The molecule has 1 aromatic heterocycles. The van der Waals surface area contributed by atoms with Crippen molar-refractivity contribution in [2.75, 3.05) is 20.0 Å². The Morgan fingerprint density at radius 3 is 2.60 bits per heavy atom. The number of hydrogen-bond donors (Lipinski definition) is 1. The molecule has 20 heavy (non-hydrogen) atoms. The number of aromatic nitrogens is 4. The quantitative estimate of drug-likeness (QED) is 0.850. The zero-order valence-corrected chi connectivity index (χ0v) is 11.8. The van der Waals surface area contributed by atoms with Gasteiger partial charge in [0.15, 0.2) is 5.82 Å². The first kappa shape index (κ1) is 12.7. The number of anilines is 1. The van der Waals surface area contributed by atoms with Gasteiger partial charge in [-0.15, -0.1) is 5.10 Å². The molecule has 0 unspecified atom stereocenters. The average molecular weight is 275 g/mol. The molecule has 7 heteroatoms. The number of rotatable bonds is 4. The number of ether oxygens (including phenoxy) is 2. The van der Waals surface area contributed by atoms with Crippen LogP contribution in [0.15, 0.2) is 12.1 Å². The molecule has 7 nitrogen and oxygen atoms in total. The van der Waals surface area contributed by atoms with Crippen molar-refractivity contribution in [3.05, 3.63) is 12.1 Å². The van der Waals surface area contributed by atoms with Gasteiger partial charge in [-0.3, -0.25) is 0 Å². The second-order valence-electron chi connectivity index (χ2n) is 5.20. The Labute approximate surface area is 116 Å². The molecule has 0 atom stereocenters. The van der Waals surface area contributed by atoms with E-state index in [4.69, 9.17) is 15.2 Å². The number of methoxy groups -OCH3 is 2. The molecular formula is C13H17N5O2. The summed E-state index contributed by atoms with van der Waals surface area (Å²) in [6.45, 7) is 2.13. The molecule has 1 saturated carbocycles. The van der Waals surface area contributed by atoms with Crippen molar-refractivity contribution < 1.29 is 9.47 Å². The fraction of sp³-hybridized carbons (Fsp3) is 0.462. The molecule has 1 fully saturated rings. The van der Waals surface area contributed by atoms with Gasteiger partial charge in [-0.2, -0.15) is 0 Å². The van der Waals surface area contributed by atoms with E-state index in [1.807, 2.05) is 10.7 Å². The minimum Gasteiger partial charge on any atom is -0.497 e. The number of tetrazole rings is 1. The standard InChI is InChI=1S/C13H17N5O2/c1-13(4-5-13)18-12(15-16-17-18)9-6-8(19-2)7-10(20-3)11(9)14/h6-7H,4-5,14H2,1-3H3. The van der Waals surface area contributed by atoms with Crippen LogP contribution < -0.4 is 15.2 Å². The Balaban J connectivity index is 2.17. The molecule has 106 valence electrons. The van der Waals surface area contributed by atoms with Crippen molar-refractivity contribution in [3.8, 4) is 22.9 Å². The molecule has 0 radical (unpaired) electrons. The summed E-state index contributed by atoms with van der Waals surface area (Å²) in [5.74, 6) is 1.84. The molecule has 0 saturated heterocycles. The zero-order valence-electron chi connectivity index (χ0n) is 11.8. The van der Waals surface area contributed by atoms with E-state index in [-0.39, 0.29) is 5.54 Å². The molecule has 1 aliphatic carbocycles. The maximum absolute atomic E-state index is 6.15. The fourth-order valence-corrected chi connectivity index (χ4v) is 2.18. The third-order valence-corrected chi connectivity index (χ3v) is 3.77. The number of hydrogen-bond acceptors (Lipinski definition) is 6. The summed E-state index contributed by atoms with van der Waals surface area (Å²) in [7, 11) is 3.17. The SMILES string of the molecule is COc1cc(OC)c(N)c(-c2nnnn2C2(C)CC2)c1. The van der Waals surface area contributed by atoms with Gasteiger partial charge >= 0.3 is 0 Å². The second-order valence-corrected chi connectivity index (χ2v) is 5.20. The van der Waals surface area contributed by atoms with E-state index in [1.54, 1.807) is 20.3 Å². The van der Waals surface area contributed by atoms with Crippen molar-refractivity contribution in [1.82, 2.24) is 20.2 Å². The molecule has 0 spiro atoms. The lowest BCUT2D eigenvalue weighted by molar-refractivity contribution is 0.395. The van der Waals surface area contributed by atoms with Crippen LogP contribution in [0.4, 0.5) is 5.69 Å². The number of nitrogens with two attached hydrogens (primary N) is 1. The van der Waals surface area contributed by atoms with Crippen LogP contribution in [0.2, 0.25) is 0 Å². The van der Waals surface area contributed by atoms with Gasteiger partial charge < -0.3 is 15.2 Å². The maximum atomic E-state index is 6.15. The van der Waals surface area contributed by atoms with Gasteiger partial charge in [0.05, 0.1) is 31.0 Å². The number of nitrogen functional groups attached to an aromatic ring is 1. The fourth-order valence-electron chi connectivity index (χ4n) is 2.18. The third kappa shape index (κ3) is 1.86. The van der Waals surface area contributed by atoms with Crippen molar-refractivity contribution in [2.24, 2.45) is 0 Å². The van der Waals surface area contributed by atoms with E-state index in [9.17, 15) is 0 Å². The molecule has 1 aliphatic rings. The molecule has 0 amide bonds. The second kappa shape index (κ2) is 4.36. The highest BCUT2D eigenvalue weighted by molar-refractivity contribution is 5.78. The van der Waals surface area contributed by atoms with Gasteiger partial charge in [0.1, 0.15) is 11.5 Å². The number of benzene rings is 1. The molecule has 2 N–H and O–H groups in total. The highest BCUT2D eigenvalue weighted by Crippen LogP contribution is 2.45. The number of nitrogens with zero attached hydrogens (tertiary/aromatic N) is 4. The average Bonchev–Trinajstić information content (AvgIpc) is 3.02. The van der Waals surface area contributed by atoms with Crippen LogP contribution in [0, 0.1) is 0 Å². The normalized spacial score (nSPS) is 15.9. The van der Waals surface area contributed by atoms with Crippen LogP contribution in [0.3, 0.4) is 0 Å². The van der Waals surface area contributed by atoms with Crippen LogP contribution in [-0.4, -0.2) is 34.4 Å². The summed E-state index contributed by atoms with van der Waals surface area (Å²) in [5, 5.41) is 12.0. The highest BCUT2D eigenvalue weighted by Gasteiger charge is 2.43. The minimum absolute atomic E-state index is 0.0123. The van der Waals surface area contributed by atoms with Gasteiger partial charge in [-0.1, -0.05) is 0 Å². The largest absolute Gasteiger partial charge is 0.497 e. The lowest BCUT2D eigenvalue weighted by Gasteiger charge is -2.15. The zero-order chi connectivity index (χ0) is 14.3. The van der Waals surface area contributed by atoms with Crippen LogP contribution in [0.25, 0.3) is 11.4 Å².